The molecule has 2 aromatic rings. The molecule has 0 aromatic carbocycles. The van der Waals surface area contributed by atoms with E-state index in [0.717, 1.165) is 59.0 Å². The van der Waals surface area contributed by atoms with Gasteiger partial charge in [0, 0.05) is 39.0 Å². The van der Waals surface area contributed by atoms with Crippen LogP contribution in [0.2, 0.25) is 0 Å². The van der Waals surface area contributed by atoms with E-state index < -0.39 is 0 Å². The van der Waals surface area contributed by atoms with Gasteiger partial charge in [-0.25, -0.2) is 9.97 Å². The molecule has 1 N–H and O–H groups in total. The fourth-order valence-corrected chi connectivity index (χ4v) is 2.71. The Balaban J connectivity index is 0.00000134. The van der Waals surface area contributed by atoms with Crippen LogP contribution >= 0.6 is 0 Å². The number of pyridine rings is 2. The van der Waals surface area contributed by atoms with Crippen molar-refractivity contribution in [3.63, 3.8) is 0 Å². The fourth-order valence-electron chi connectivity index (χ4n) is 2.71. The monoisotopic (exact) mass is 431 g/mol. The van der Waals surface area contributed by atoms with Crippen LogP contribution in [0.3, 0.4) is 0 Å². The van der Waals surface area contributed by atoms with Crippen molar-refractivity contribution in [3.8, 4) is 17.1 Å². The van der Waals surface area contributed by atoms with Gasteiger partial charge in [-0.2, -0.15) is 0 Å². The molecule has 0 bridgehead atoms. The van der Waals surface area contributed by atoms with Gasteiger partial charge < -0.3 is 19.5 Å². The Morgan fingerprint density at radius 2 is 1.71 bits per heavy atom. The summed E-state index contributed by atoms with van der Waals surface area (Å²) in [6, 6.07) is 6.02. The lowest BCUT2D eigenvalue weighted by atomic mass is 10.0. The van der Waals surface area contributed by atoms with Crippen molar-refractivity contribution in [1.82, 2.24) is 9.97 Å². The number of rotatable bonds is 9. The Morgan fingerprint density at radius 3 is 2.19 bits per heavy atom. The van der Waals surface area contributed by atoms with Crippen molar-refractivity contribution >= 4 is 11.3 Å². The van der Waals surface area contributed by atoms with Crippen molar-refractivity contribution in [2.24, 2.45) is 0 Å². The zero-order valence-electron chi connectivity index (χ0n) is 20.9. The lowest BCUT2D eigenvalue weighted by molar-refractivity contribution is 0.211. The van der Waals surface area contributed by atoms with E-state index in [-0.39, 0.29) is 0 Å². The third-order valence-corrected chi connectivity index (χ3v) is 4.28. The number of aryl methyl sites for hydroxylation is 2. The van der Waals surface area contributed by atoms with Gasteiger partial charge in [0.05, 0.1) is 36.5 Å². The quantitative estimate of drug-likeness (QED) is 0.507. The predicted molar refractivity (Wildman–Crippen MR) is 132 cm³/mol. The predicted octanol–water partition coefficient (Wildman–Crippen LogP) is 5.79. The molecule has 0 saturated heterocycles. The Bertz CT molecular complexity index is 790. The summed E-state index contributed by atoms with van der Waals surface area (Å²) in [6.07, 6.45) is 0.809. The molecule has 174 valence electrons. The van der Waals surface area contributed by atoms with Crippen molar-refractivity contribution in [2.45, 2.75) is 48.0 Å². The number of hydrogen-bond acceptors (Lipinski definition) is 6. The summed E-state index contributed by atoms with van der Waals surface area (Å²) < 4.78 is 14.9. The fraction of sp³-hybridized carbons (Fsp3) is 0.520. The molecule has 2 aromatic heterocycles. The van der Waals surface area contributed by atoms with E-state index in [0.29, 0.717) is 12.5 Å². The molecule has 0 spiro atoms. The van der Waals surface area contributed by atoms with E-state index >= 15 is 0 Å². The summed E-state index contributed by atoms with van der Waals surface area (Å²) in [5.41, 5.74) is 6.80. The van der Waals surface area contributed by atoms with E-state index in [1.165, 1.54) is 0 Å². The van der Waals surface area contributed by atoms with Crippen LogP contribution in [-0.4, -0.2) is 51.1 Å². The van der Waals surface area contributed by atoms with E-state index in [1.807, 2.05) is 39.8 Å². The van der Waals surface area contributed by atoms with E-state index in [9.17, 15) is 0 Å². The Morgan fingerprint density at radius 1 is 1.06 bits per heavy atom. The first-order valence-electron chi connectivity index (χ1n) is 10.9. The molecule has 31 heavy (non-hydrogen) atoms. The minimum Gasteiger partial charge on any atom is -0.481 e. The molecule has 0 saturated carbocycles. The van der Waals surface area contributed by atoms with E-state index in [2.05, 4.69) is 41.5 Å². The van der Waals surface area contributed by atoms with Crippen LogP contribution in [0.5, 0.6) is 5.88 Å². The number of nitrogens with one attached hydrogen (secondary N) is 1. The Kier molecular flexibility index (Phi) is 15.0. The highest BCUT2D eigenvalue weighted by atomic mass is 16.5. The Hall–Kier alpha value is -2.44. The second kappa shape index (κ2) is 16.3. The SMILES string of the molecule is C=C(C)c1nc(-c2ccc(OC)nc2CC)c(C)cc1NCCOC.CC.CCOC. The van der Waals surface area contributed by atoms with Gasteiger partial charge in [-0.3, -0.25) is 0 Å². The largest absolute Gasteiger partial charge is 0.481 e. The number of aromatic nitrogens is 2. The molecule has 2 rings (SSSR count). The lowest BCUT2D eigenvalue weighted by Crippen LogP contribution is -2.11. The smallest absolute Gasteiger partial charge is 0.213 e. The highest BCUT2D eigenvalue weighted by Gasteiger charge is 2.15. The summed E-state index contributed by atoms with van der Waals surface area (Å²) in [6.45, 7) is 18.3. The minimum absolute atomic E-state index is 0.622. The third kappa shape index (κ3) is 9.07. The topological polar surface area (TPSA) is 65.5 Å². The number of allylic oxidation sites excluding steroid dienone is 1. The molecule has 0 aliphatic rings. The summed E-state index contributed by atoms with van der Waals surface area (Å²) >= 11 is 0. The summed E-state index contributed by atoms with van der Waals surface area (Å²) in [7, 11) is 5.00. The van der Waals surface area contributed by atoms with Gasteiger partial charge in [0.25, 0.3) is 0 Å². The van der Waals surface area contributed by atoms with Crippen LogP contribution in [0, 0.1) is 6.92 Å². The van der Waals surface area contributed by atoms with E-state index in [1.54, 1.807) is 21.3 Å². The molecule has 0 unspecified atom stereocenters. The van der Waals surface area contributed by atoms with Crippen LogP contribution in [-0.2, 0) is 15.9 Å². The second-order valence-corrected chi connectivity index (χ2v) is 6.53. The molecular weight excluding hydrogens is 390 g/mol. The van der Waals surface area contributed by atoms with Gasteiger partial charge in [-0.1, -0.05) is 27.4 Å². The summed E-state index contributed by atoms with van der Waals surface area (Å²) in [4.78, 5) is 9.47. The first-order valence-corrected chi connectivity index (χ1v) is 10.9. The van der Waals surface area contributed by atoms with Crippen LogP contribution in [0.1, 0.15) is 51.6 Å². The summed E-state index contributed by atoms with van der Waals surface area (Å²) in [5, 5.41) is 3.38. The maximum absolute atomic E-state index is 5.25. The number of anilines is 1. The van der Waals surface area contributed by atoms with Crippen LogP contribution in [0.4, 0.5) is 5.69 Å². The number of nitrogens with zero attached hydrogens (tertiary/aromatic N) is 2. The highest BCUT2D eigenvalue weighted by Crippen LogP contribution is 2.31. The zero-order chi connectivity index (χ0) is 23.8. The van der Waals surface area contributed by atoms with Gasteiger partial charge in [0.2, 0.25) is 5.88 Å². The molecule has 0 radical (unpaired) electrons. The zero-order valence-corrected chi connectivity index (χ0v) is 20.9. The molecular formula is C25H41N3O3. The number of methoxy groups -OCH3 is 3. The average molecular weight is 432 g/mol. The van der Waals surface area contributed by atoms with Crippen molar-refractivity contribution < 1.29 is 14.2 Å². The molecule has 6 nitrogen and oxygen atoms in total. The normalized spacial score (nSPS) is 9.71. The van der Waals surface area contributed by atoms with Crippen molar-refractivity contribution in [3.05, 3.63) is 41.7 Å². The number of hydrogen-bond donors (Lipinski definition) is 1. The minimum atomic E-state index is 0.622. The molecule has 0 atom stereocenters. The first-order chi connectivity index (χ1) is 14.9. The number of ether oxygens (including phenoxy) is 3. The molecule has 0 fully saturated rings. The third-order valence-electron chi connectivity index (χ3n) is 4.28. The standard InChI is InChI=1S/C20H27N3O2.C3H8O.C2H6/c1-7-16-15(8-9-18(22-16)25-6)20-14(4)12-17(21-10-11-24-5)19(23-20)13(2)3;1-3-4-2;1-2/h8-9,12,21H,2,7,10-11H2,1,3-6H3;3H2,1-2H3;1-2H3. The highest BCUT2D eigenvalue weighted by molar-refractivity contribution is 5.77. The van der Waals surface area contributed by atoms with Gasteiger partial charge in [-0.05, 0) is 50.5 Å². The molecule has 0 amide bonds. The maximum atomic E-state index is 5.25. The Labute approximate surface area is 189 Å². The average Bonchev–Trinajstić information content (AvgIpc) is 2.80. The van der Waals surface area contributed by atoms with Crippen molar-refractivity contribution in [1.29, 1.82) is 0 Å². The van der Waals surface area contributed by atoms with Gasteiger partial charge in [0.15, 0.2) is 0 Å². The molecule has 0 aliphatic carbocycles. The molecule has 2 heterocycles. The van der Waals surface area contributed by atoms with Gasteiger partial charge >= 0.3 is 0 Å². The first kappa shape index (κ1) is 28.6. The van der Waals surface area contributed by atoms with Crippen LogP contribution in [0.25, 0.3) is 16.8 Å². The molecule has 0 aliphatic heterocycles. The maximum Gasteiger partial charge on any atom is 0.213 e. The molecule has 6 heteroatoms. The summed E-state index contributed by atoms with van der Waals surface area (Å²) in [5.74, 6) is 0.622. The van der Waals surface area contributed by atoms with Gasteiger partial charge in [-0.15, -0.1) is 0 Å². The van der Waals surface area contributed by atoms with Crippen LogP contribution in [0.15, 0.2) is 24.8 Å². The van der Waals surface area contributed by atoms with Gasteiger partial charge in [0.1, 0.15) is 0 Å². The van der Waals surface area contributed by atoms with E-state index in [4.69, 9.17) is 14.5 Å². The van der Waals surface area contributed by atoms with Crippen LogP contribution < -0.4 is 10.1 Å². The second-order valence-electron chi connectivity index (χ2n) is 6.53. The van der Waals surface area contributed by atoms with Crippen molar-refractivity contribution in [2.75, 3.05) is 46.4 Å². The lowest BCUT2D eigenvalue weighted by Gasteiger charge is -2.17.